The first-order chi connectivity index (χ1) is 12.1. The fourth-order valence-corrected chi connectivity index (χ4v) is 5.37. The van der Waals surface area contributed by atoms with Crippen LogP contribution in [0.25, 0.3) is 32.8 Å². The van der Waals surface area contributed by atoms with E-state index >= 15 is 0 Å². The third-order valence-corrected chi connectivity index (χ3v) is 6.24. The van der Waals surface area contributed by atoms with Gasteiger partial charge in [0.1, 0.15) is 5.15 Å². The lowest BCUT2D eigenvalue weighted by Crippen LogP contribution is -2.26. The maximum absolute atomic E-state index is 6.17. The van der Waals surface area contributed by atoms with Crippen molar-refractivity contribution >= 4 is 58.7 Å². The highest BCUT2D eigenvalue weighted by atomic mass is 35.5. The third kappa shape index (κ3) is 2.82. The predicted molar refractivity (Wildman–Crippen MR) is 110 cm³/mol. The molecular formula is C20H15Cl2N2Si. The van der Waals surface area contributed by atoms with Crippen LogP contribution in [0.1, 0.15) is 0 Å². The van der Waals surface area contributed by atoms with Gasteiger partial charge in [-0.1, -0.05) is 73.2 Å². The molecule has 0 atom stereocenters. The van der Waals surface area contributed by atoms with Gasteiger partial charge in [0, 0.05) is 11.6 Å². The smallest absolute Gasteiger partial charge is 0.218 e. The second-order valence-electron chi connectivity index (χ2n) is 6.19. The maximum Gasteiger partial charge on any atom is 0.224 e. The van der Waals surface area contributed by atoms with E-state index in [1.165, 1.54) is 26.7 Å². The van der Waals surface area contributed by atoms with Crippen LogP contribution in [0.5, 0.6) is 0 Å². The van der Waals surface area contributed by atoms with Crippen LogP contribution in [0, 0.1) is 0 Å². The fraction of sp³-hybridized carbons (Fsp3) is 0.100. The molecular weight excluding hydrogens is 367 g/mol. The number of rotatable bonds is 2. The first-order valence-electron chi connectivity index (χ1n) is 8.00. The molecule has 4 aromatic rings. The molecule has 0 N–H and O–H groups in total. The summed E-state index contributed by atoms with van der Waals surface area (Å²) in [7, 11) is -0.776. The molecule has 0 fully saturated rings. The molecule has 5 heteroatoms. The molecule has 0 aliphatic rings. The number of nitrogens with zero attached hydrogens (tertiary/aromatic N) is 2. The normalized spacial score (nSPS) is 11.6. The van der Waals surface area contributed by atoms with E-state index in [4.69, 9.17) is 23.2 Å². The first-order valence-corrected chi connectivity index (χ1v) is 11.3. The maximum atomic E-state index is 6.17. The van der Waals surface area contributed by atoms with Crippen molar-refractivity contribution in [2.24, 2.45) is 0 Å². The van der Waals surface area contributed by atoms with Crippen LogP contribution in [-0.2, 0) is 0 Å². The van der Waals surface area contributed by atoms with Crippen molar-refractivity contribution in [1.29, 1.82) is 0 Å². The molecule has 0 aliphatic heterocycles. The van der Waals surface area contributed by atoms with Crippen LogP contribution in [0.3, 0.4) is 0 Å². The Morgan fingerprint density at radius 2 is 1.32 bits per heavy atom. The van der Waals surface area contributed by atoms with Crippen LogP contribution in [0.15, 0.2) is 54.6 Å². The fourth-order valence-electron chi connectivity index (χ4n) is 3.44. The van der Waals surface area contributed by atoms with E-state index in [9.17, 15) is 0 Å². The van der Waals surface area contributed by atoms with Gasteiger partial charge >= 0.3 is 0 Å². The molecule has 1 aromatic heterocycles. The van der Waals surface area contributed by atoms with E-state index in [0.29, 0.717) is 5.15 Å². The summed E-state index contributed by atoms with van der Waals surface area (Å²) in [6.07, 6.45) is 0. The van der Waals surface area contributed by atoms with Crippen molar-refractivity contribution in [3.63, 3.8) is 0 Å². The Labute approximate surface area is 158 Å². The largest absolute Gasteiger partial charge is 0.224 e. The summed E-state index contributed by atoms with van der Waals surface area (Å²) in [5, 5.41) is 6.82. The van der Waals surface area contributed by atoms with Crippen molar-refractivity contribution in [3.05, 3.63) is 65.0 Å². The van der Waals surface area contributed by atoms with Gasteiger partial charge in [-0.15, -0.1) is 0 Å². The van der Waals surface area contributed by atoms with Gasteiger partial charge in [-0.3, -0.25) is 0 Å². The van der Waals surface area contributed by atoms with Gasteiger partial charge in [0.2, 0.25) is 5.28 Å². The molecule has 0 spiro atoms. The van der Waals surface area contributed by atoms with Gasteiger partial charge in [-0.25, -0.2) is 9.97 Å². The van der Waals surface area contributed by atoms with E-state index in [-0.39, 0.29) is 5.28 Å². The minimum atomic E-state index is -0.776. The molecule has 1 radical (unpaired) electrons. The number of benzene rings is 3. The summed E-state index contributed by atoms with van der Waals surface area (Å²) in [5.74, 6) is 0. The number of halogens is 2. The van der Waals surface area contributed by atoms with Crippen LogP contribution in [0.2, 0.25) is 23.5 Å². The van der Waals surface area contributed by atoms with Gasteiger partial charge in [0.15, 0.2) is 0 Å². The van der Waals surface area contributed by atoms with Crippen LogP contribution in [0.4, 0.5) is 0 Å². The molecule has 0 aliphatic carbocycles. The standard InChI is InChI=1S/C20H15Cl2N2Si/c1-25(2)19-15-10-6-4-8-13(15)12-7-3-5-9-14(12)18(19)16-11-17(21)24-20(22)23-16/h3-11H,1-2H3. The Kier molecular flexibility index (Phi) is 4.24. The first kappa shape index (κ1) is 16.5. The van der Waals surface area contributed by atoms with Crippen molar-refractivity contribution in [2.45, 2.75) is 13.1 Å². The van der Waals surface area contributed by atoms with Crippen LogP contribution < -0.4 is 5.19 Å². The Morgan fingerprint density at radius 1 is 0.760 bits per heavy atom. The number of hydrogen-bond acceptors (Lipinski definition) is 2. The Bertz CT molecular complexity index is 1090. The molecule has 123 valence electrons. The minimum absolute atomic E-state index is 0.173. The summed E-state index contributed by atoms with van der Waals surface area (Å²) in [4.78, 5) is 8.50. The van der Waals surface area contributed by atoms with Crippen LogP contribution >= 0.6 is 23.2 Å². The zero-order chi connectivity index (χ0) is 17.6. The number of hydrogen-bond donors (Lipinski definition) is 0. The second kappa shape index (κ2) is 6.41. The summed E-state index contributed by atoms with van der Waals surface area (Å²) in [5.41, 5.74) is 1.91. The lowest BCUT2D eigenvalue weighted by molar-refractivity contribution is 1.18. The molecule has 0 amide bonds. The highest BCUT2D eigenvalue weighted by Gasteiger charge is 2.20. The topological polar surface area (TPSA) is 25.8 Å². The van der Waals surface area contributed by atoms with Gasteiger partial charge in [-0.2, -0.15) is 0 Å². The minimum Gasteiger partial charge on any atom is -0.218 e. The lowest BCUT2D eigenvalue weighted by Gasteiger charge is -2.19. The van der Waals surface area contributed by atoms with Crippen LogP contribution in [-0.4, -0.2) is 18.8 Å². The Morgan fingerprint density at radius 3 is 1.92 bits per heavy atom. The van der Waals surface area contributed by atoms with Crippen molar-refractivity contribution in [2.75, 3.05) is 0 Å². The monoisotopic (exact) mass is 381 g/mol. The summed E-state index contributed by atoms with van der Waals surface area (Å²) < 4.78 is 0. The Balaban J connectivity index is 2.26. The van der Waals surface area contributed by atoms with Gasteiger partial charge < -0.3 is 0 Å². The average Bonchev–Trinajstić information content (AvgIpc) is 2.59. The molecule has 0 saturated carbocycles. The van der Waals surface area contributed by atoms with E-state index in [1.807, 2.05) is 0 Å². The quantitative estimate of drug-likeness (QED) is 0.192. The zero-order valence-electron chi connectivity index (χ0n) is 13.8. The molecule has 4 rings (SSSR count). The highest BCUT2D eigenvalue weighted by Crippen LogP contribution is 2.34. The molecule has 2 nitrogen and oxygen atoms in total. The molecule has 25 heavy (non-hydrogen) atoms. The van der Waals surface area contributed by atoms with E-state index in [1.54, 1.807) is 6.07 Å². The van der Waals surface area contributed by atoms with Crippen molar-refractivity contribution in [3.8, 4) is 11.3 Å². The van der Waals surface area contributed by atoms with E-state index < -0.39 is 8.80 Å². The summed E-state index contributed by atoms with van der Waals surface area (Å²) in [6.45, 7) is 4.60. The number of aromatic nitrogens is 2. The van der Waals surface area contributed by atoms with Gasteiger partial charge in [0.25, 0.3) is 0 Å². The SMILES string of the molecule is C[Si](C)c1c(-c2cc(Cl)nc(Cl)n2)c2ccccc2c2ccccc12. The Hall–Kier alpha value is -1.94. The van der Waals surface area contributed by atoms with Gasteiger partial charge in [0.05, 0.1) is 14.5 Å². The van der Waals surface area contributed by atoms with Crippen molar-refractivity contribution in [1.82, 2.24) is 9.97 Å². The van der Waals surface area contributed by atoms with E-state index in [0.717, 1.165) is 11.3 Å². The molecule has 3 aromatic carbocycles. The summed E-state index contributed by atoms with van der Waals surface area (Å²) >= 11 is 12.3. The lowest BCUT2D eigenvalue weighted by atomic mass is 9.95. The predicted octanol–water partition coefficient (Wildman–Crippen LogP) is 5.72. The second-order valence-corrected chi connectivity index (χ2v) is 9.41. The molecule has 0 bridgehead atoms. The third-order valence-electron chi connectivity index (χ3n) is 4.36. The molecule has 1 heterocycles. The average molecular weight is 382 g/mol. The van der Waals surface area contributed by atoms with Crippen molar-refractivity contribution < 1.29 is 0 Å². The number of fused-ring (bicyclic) bond motifs is 3. The zero-order valence-corrected chi connectivity index (χ0v) is 16.4. The van der Waals surface area contributed by atoms with Gasteiger partial charge in [-0.05, 0) is 38.3 Å². The molecule has 0 saturated heterocycles. The summed E-state index contributed by atoms with van der Waals surface area (Å²) in [6, 6.07) is 18.8. The van der Waals surface area contributed by atoms with E-state index in [2.05, 4.69) is 71.6 Å². The molecule has 0 unspecified atom stereocenters. The highest BCUT2D eigenvalue weighted by molar-refractivity contribution is 6.75.